The summed E-state index contributed by atoms with van der Waals surface area (Å²) >= 11 is 0. The summed E-state index contributed by atoms with van der Waals surface area (Å²) in [4.78, 5) is 47.7. The molecule has 2 aliphatic heterocycles. The van der Waals surface area contributed by atoms with Crippen LogP contribution in [0.3, 0.4) is 0 Å². The van der Waals surface area contributed by atoms with Crippen LogP contribution in [0, 0.1) is 11.3 Å². The molecule has 3 atom stereocenters. The minimum absolute atomic E-state index is 0.00265. The maximum atomic E-state index is 12.4. The van der Waals surface area contributed by atoms with Gasteiger partial charge in [0.2, 0.25) is 5.79 Å². The average Bonchev–Trinajstić information content (AvgIpc) is 2.82. The van der Waals surface area contributed by atoms with E-state index in [1.54, 1.807) is 6.08 Å². The largest absolute Gasteiger partial charge is 0.481 e. The third kappa shape index (κ3) is 1.53. The van der Waals surface area contributed by atoms with E-state index < -0.39 is 47.4 Å². The Balaban J connectivity index is 2.01. The van der Waals surface area contributed by atoms with Gasteiger partial charge in [-0.05, 0) is 12.8 Å². The molecule has 23 heavy (non-hydrogen) atoms. The molecule has 0 aromatic rings. The van der Waals surface area contributed by atoms with Crippen molar-refractivity contribution in [2.75, 3.05) is 0 Å². The van der Waals surface area contributed by atoms with Gasteiger partial charge in [0.05, 0.1) is 23.5 Å². The molecule has 4 bridgehead atoms. The van der Waals surface area contributed by atoms with Gasteiger partial charge < -0.3 is 19.7 Å². The number of hydrogen-bond acceptors (Lipinski definition) is 7. The fourth-order valence-electron chi connectivity index (χ4n) is 4.19. The molecule has 0 saturated carbocycles. The molecule has 0 aromatic heterocycles. The summed E-state index contributed by atoms with van der Waals surface area (Å²) in [6.07, 6.45) is 1.35. The number of aliphatic hydroxyl groups is 1. The molecular weight excluding hydrogens is 308 g/mol. The molecule has 1 fully saturated rings. The second-order valence-corrected chi connectivity index (χ2v) is 6.23. The van der Waals surface area contributed by atoms with Gasteiger partial charge in [0.15, 0.2) is 0 Å². The van der Waals surface area contributed by atoms with Crippen molar-refractivity contribution in [3.8, 4) is 0 Å². The van der Waals surface area contributed by atoms with Crippen LogP contribution in [0.5, 0.6) is 0 Å². The summed E-state index contributed by atoms with van der Waals surface area (Å²) in [5.41, 5.74) is -1.56. The van der Waals surface area contributed by atoms with Crippen LogP contribution in [0.2, 0.25) is 0 Å². The summed E-state index contributed by atoms with van der Waals surface area (Å²) in [7, 11) is 0. The lowest BCUT2D eigenvalue weighted by Gasteiger charge is -2.35. The zero-order valence-electron chi connectivity index (χ0n) is 11.8. The van der Waals surface area contributed by atoms with Gasteiger partial charge in [-0.15, -0.1) is 0 Å². The van der Waals surface area contributed by atoms with Crippen molar-refractivity contribution in [1.82, 2.24) is 0 Å². The van der Waals surface area contributed by atoms with E-state index in [0.717, 1.165) is 0 Å². The number of ether oxygens (including phenoxy) is 2. The van der Waals surface area contributed by atoms with Crippen LogP contribution in [-0.4, -0.2) is 39.9 Å². The molecule has 0 unspecified atom stereocenters. The number of rotatable bonds is 2. The number of cyclic esters (lactones) is 2. The molecule has 8 heteroatoms. The lowest BCUT2D eigenvalue weighted by molar-refractivity contribution is -0.197. The molecule has 2 N–H and O–H groups in total. The van der Waals surface area contributed by atoms with Gasteiger partial charge in [0, 0.05) is 12.0 Å². The first kappa shape index (κ1) is 14.1. The predicted octanol–water partition coefficient (Wildman–Crippen LogP) is -0.187. The van der Waals surface area contributed by atoms with Gasteiger partial charge in [-0.25, -0.2) is 9.59 Å². The van der Waals surface area contributed by atoms with Gasteiger partial charge >= 0.3 is 23.9 Å². The Bertz CT molecular complexity index is 759. The fraction of sp³-hybridized carbons (Fsp3) is 0.467. The third-order valence-corrected chi connectivity index (χ3v) is 5.07. The highest BCUT2D eigenvalue weighted by atomic mass is 16.7. The molecule has 8 nitrogen and oxygen atoms in total. The number of fused-ring (bicyclic) bond motifs is 1. The summed E-state index contributed by atoms with van der Waals surface area (Å²) < 4.78 is 9.76. The number of allylic oxidation sites excluding steroid dienone is 1. The Morgan fingerprint density at radius 2 is 2.04 bits per heavy atom. The number of aliphatic carboxylic acids is 1. The molecule has 0 spiro atoms. The molecule has 2 heterocycles. The minimum atomic E-state index is -2.09. The minimum Gasteiger partial charge on any atom is -0.481 e. The SMILES string of the molecule is O=C(O)C[C@]12CC3=C(C(=O)OC3=O)[C@H]3CCC=C1[C@@]3(O)OC2=O. The number of carboxylic acids is 1. The van der Waals surface area contributed by atoms with Crippen LogP contribution in [0.15, 0.2) is 22.8 Å². The standard InChI is InChI=1S/C15H12O8/c16-9(17)5-14-4-6-10(12(19)22-11(6)18)7-2-1-3-8(14)15(7,21)23-13(14)20/h3,7,21H,1-2,4-5H2,(H,16,17)/t7-,14-,15+/m1/s1. The second kappa shape index (κ2) is 4.08. The molecule has 0 aromatic carbocycles. The number of hydrogen-bond donors (Lipinski definition) is 2. The fourth-order valence-corrected chi connectivity index (χ4v) is 4.19. The number of carbonyl (C=O) groups is 4. The lowest BCUT2D eigenvalue weighted by atomic mass is 9.69. The van der Waals surface area contributed by atoms with Crippen molar-refractivity contribution in [2.45, 2.75) is 31.5 Å². The Labute approximate surface area is 129 Å². The van der Waals surface area contributed by atoms with Crippen LogP contribution < -0.4 is 0 Å². The molecule has 4 aliphatic rings. The van der Waals surface area contributed by atoms with Crippen molar-refractivity contribution in [3.63, 3.8) is 0 Å². The first-order valence-corrected chi connectivity index (χ1v) is 7.18. The lowest BCUT2D eigenvalue weighted by Crippen LogP contribution is -2.43. The van der Waals surface area contributed by atoms with E-state index in [2.05, 4.69) is 4.74 Å². The Kier molecular flexibility index (Phi) is 2.51. The summed E-state index contributed by atoms with van der Waals surface area (Å²) in [6, 6.07) is 0. The topological polar surface area (TPSA) is 127 Å². The van der Waals surface area contributed by atoms with Crippen LogP contribution in [-0.2, 0) is 28.7 Å². The summed E-state index contributed by atoms with van der Waals surface area (Å²) in [6.45, 7) is 0. The normalized spacial score (nSPS) is 37.9. The first-order chi connectivity index (χ1) is 10.8. The Hall–Kier alpha value is -2.48. The van der Waals surface area contributed by atoms with Gasteiger partial charge in [-0.2, -0.15) is 0 Å². The van der Waals surface area contributed by atoms with E-state index in [1.165, 1.54) is 0 Å². The van der Waals surface area contributed by atoms with Gasteiger partial charge in [0.25, 0.3) is 0 Å². The van der Waals surface area contributed by atoms with Crippen LogP contribution >= 0.6 is 0 Å². The highest BCUT2D eigenvalue weighted by molar-refractivity contribution is 6.14. The van der Waals surface area contributed by atoms with Crippen LogP contribution in [0.4, 0.5) is 0 Å². The van der Waals surface area contributed by atoms with Crippen molar-refractivity contribution in [3.05, 3.63) is 22.8 Å². The number of carboxylic acid groups (broad SMARTS) is 1. The van der Waals surface area contributed by atoms with E-state index in [-0.39, 0.29) is 29.6 Å². The molecule has 1 saturated heterocycles. The van der Waals surface area contributed by atoms with Crippen molar-refractivity contribution in [2.24, 2.45) is 11.3 Å². The van der Waals surface area contributed by atoms with Gasteiger partial charge in [-0.1, -0.05) is 6.08 Å². The van der Waals surface area contributed by atoms with E-state index in [4.69, 9.17) is 4.74 Å². The van der Waals surface area contributed by atoms with E-state index >= 15 is 0 Å². The zero-order chi connectivity index (χ0) is 16.6. The number of esters is 3. The molecule has 4 rings (SSSR count). The monoisotopic (exact) mass is 320 g/mol. The van der Waals surface area contributed by atoms with Crippen molar-refractivity contribution < 1.29 is 38.9 Å². The maximum absolute atomic E-state index is 12.4. The van der Waals surface area contributed by atoms with E-state index in [9.17, 15) is 29.4 Å². The highest BCUT2D eigenvalue weighted by Crippen LogP contribution is 2.61. The van der Waals surface area contributed by atoms with Crippen LogP contribution in [0.1, 0.15) is 25.7 Å². The molecule has 0 radical (unpaired) electrons. The van der Waals surface area contributed by atoms with Gasteiger partial charge in [-0.3, -0.25) is 9.59 Å². The molecule has 2 aliphatic carbocycles. The smallest absolute Gasteiger partial charge is 0.342 e. The Morgan fingerprint density at radius 3 is 2.74 bits per heavy atom. The first-order valence-electron chi connectivity index (χ1n) is 7.18. The summed E-state index contributed by atoms with van der Waals surface area (Å²) in [5.74, 6) is -6.91. The molecule has 0 amide bonds. The number of carbonyl (C=O) groups excluding carboxylic acids is 3. The van der Waals surface area contributed by atoms with Crippen LogP contribution in [0.25, 0.3) is 0 Å². The second-order valence-electron chi connectivity index (χ2n) is 6.23. The van der Waals surface area contributed by atoms with Gasteiger partial charge in [0.1, 0.15) is 5.41 Å². The zero-order valence-corrected chi connectivity index (χ0v) is 11.8. The molecule has 120 valence electrons. The highest BCUT2D eigenvalue weighted by Gasteiger charge is 2.69. The predicted molar refractivity (Wildman–Crippen MR) is 69.3 cm³/mol. The van der Waals surface area contributed by atoms with E-state index in [0.29, 0.717) is 6.42 Å². The molecular formula is C15H12O8. The van der Waals surface area contributed by atoms with E-state index in [1.807, 2.05) is 0 Å². The van der Waals surface area contributed by atoms with Crippen molar-refractivity contribution in [1.29, 1.82) is 0 Å². The Morgan fingerprint density at radius 1 is 1.30 bits per heavy atom. The summed E-state index contributed by atoms with van der Waals surface area (Å²) in [5, 5.41) is 20.1. The van der Waals surface area contributed by atoms with Crippen molar-refractivity contribution >= 4 is 23.9 Å². The third-order valence-electron chi connectivity index (χ3n) is 5.07. The average molecular weight is 320 g/mol. The quantitative estimate of drug-likeness (QED) is 0.407. The maximum Gasteiger partial charge on any atom is 0.342 e.